The molecule has 0 radical (unpaired) electrons. The van der Waals surface area contributed by atoms with Crippen molar-refractivity contribution in [3.63, 3.8) is 0 Å². The number of likely N-dealkylation sites (tertiary alicyclic amines) is 1. The number of piperidine rings is 1. The van der Waals surface area contributed by atoms with Gasteiger partial charge in [0.1, 0.15) is 0 Å². The van der Waals surface area contributed by atoms with E-state index in [0.717, 1.165) is 31.5 Å². The Balaban J connectivity index is 1.73. The van der Waals surface area contributed by atoms with Gasteiger partial charge in [-0.25, -0.2) is 17.2 Å². The third kappa shape index (κ3) is 3.02. The van der Waals surface area contributed by atoms with Gasteiger partial charge in [-0.05, 0) is 56.7 Å². The van der Waals surface area contributed by atoms with Gasteiger partial charge in [-0.3, -0.25) is 4.31 Å². The lowest BCUT2D eigenvalue weighted by atomic mass is 9.74. The Kier molecular flexibility index (Phi) is 4.47. The molecule has 0 N–H and O–H groups in total. The summed E-state index contributed by atoms with van der Waals surface area (Å²) in [5.74, 6) is 0. The fraction of sp³-hybridized carbons (Fsp3) is 0.400. The van der Waals surface area contributed by atoms with Crippen LogP contribution in [0.2, 0.25) is 0 Å². The first-order chi connectivity index (χ1) is 12.8. The quantitative estimate of drug-likeness (QED) is 0.798. The summed E-state index contributed by atoms with van der Waals surface area (Å²) in [5.41, 5.74) is 1.42. The molecule has 0 amide bonds. The number of anilines is 1. The molecule has 2 aliphatic rings. The monoisotopic (exact) mass is 392 g/mol. The molecule has 27 heavy (non-hydrogen) atoms. The average molecular weight is 392 g/mol. The van der Waals surface area contributed by atoms with Crippen molar-refractivity contribution >= 4 is 15.7 Å². The molecule has 144 valence electrons. The summed E-state index contributed by atoms with van der Waals surface area (Å²) in [6.45, 7) is 2.25. The van der Waals surface area contributed by atoms with E-state index in [1.165, 1.54) is 28.6 Å². The van der Waals surface area contributed by atoms with Gasteiger partial charge in [-0.1, -0.05) is 30.3 Å². The topological polar surface area (TPSA) is 40.6 Å². The molecule has 2 aromatic carbocycles. The number of rotatable bonds is 3. The van der Waals surface area contributed by atoms with E-state index in [0.29, 0.717) is 12.2 Å². The third-order valence-electron chi connectivity index (χ3n) is 5.85. The second kappa shape index (κ2) is 6.56. The molecule has 0 aromatic heterocycles. The Bertz CT molecular complexity index is 937. The molecule has 4 nitrogen and oxygen atoms in total. The Morgan fingerprint density at radius 1 is 1.00 bits per heavy atom. The fourth-order valence-electron chi connectivity index (χ4n) is 4.19. The standard InChI is InChI=1S/C20H22F2N2O2S/c1-23-12-10-20(11-13-23)14-24(18-5-3-2-4-17(18)20)27(25,26)16-8-6-15(7-9-16)19(21)22/h2-9,19H,10-14H2,1H3. The molecular weight excluding hydrogens is 370 g/mol. The van der Waals surface area contributed by atoms with Crippen LogP contribution in [-0.2, 0) is 15.4 Å². The van der Waals surface area contributed by atoms with Gasteiger partial charge >= 0.3 is 0 Å². The van der Waals surface area contributed by atoms with Crippen LogP contribution in [0.4, 0.5) is 14.5 Å². The first kappa shape index (κ1) is 18.4. The van der Waals surface area contributed by atoms with Crippen molar-refractivity contribution in [3.05, 3.63) is 59.7 Å². The van der Waals surface area contributed by atoms with Crippen LogP contribution in [0.5, 0.6) is 0 Å². The van der Waals surface area contributed by atoms with E-state index in [9.17, 15) is 17.2 Å². The summed E-state index contributed by atoms with van der Waals surface area (Å²) < 4.78 is 53.7. The number of hydrogen-bond acceptors (Lipinski definition) is 3. The first-order valence-electron chi connectivity index (χ1n) is 9.02. The molecule has 4 rings (SSSR count). The zero-order valence-electron chi connectivity index (χ0n) is 15.1. The number of para-hydroxylation sites is 1. The van der Waals surface area contributed by atoms with Crippen LogP contribution in [0.15, 0.2) is 53.4 Å². The van der Waals surface area contributed by atoms with Gasteiger partial charge in [-0.15, -0.1) is 0 Å². The van der Waals surface area contributed by atoms with Gasteiger partial charge < -0.3 is 4.90 Å². The number of nitrogens with zero attached hydrogens (tertiary/aromatic N) is 2. The van der Waals surface area contributed by atoms with Crippen molar-refractivity contribution in [2.24, 2.45) is 0 Å². The molecule has 7 heteroatoms. The van der Waals surface area contributed by atoms with Crippen molar-refractivity contribution < 1.29 is 17.2 Å². The van der Waals surface area contributed by atoms with Gasteiger partial charge in [0.05, 0.1) is 10.6 Å². The summed E-state index contributed by atoms with van der Waals surface area (Å²) in [6.07, 6.45) is -0.815. The average Bonchev–Trinajstić information content (AvgIpc) is 3.00. The maximum absolute atomic E-state index is 13.3. The normalized spacial score (nSPS) is 19.6. The molecule has 0 bridgehead atoms. The van der Waals surface area contributed by atoms with Crippen LogP contribution in [-0.4, -0.2) is 40.0 Å². The molecule has 1 saturated heterocycles. The number of halogens is 2. The molecule has 0 saturated carbocycles. The SMILES string of the molecule is CN1CCC2(CC1)CN(S(=O)(=O)c1ccc(C(F)F)cc1)c1ccccc12. The van der Waals surface area contributed by atoms with Crippen molar-refractivity contribution in [2.45, 2.75) is 29.6 Å². The molecular formula is C20H22F2N2O2S. The largest absolute Gasteiger partial charge is 0.306 e. The van der Waals surface area contributed by atoms with Crippen molar-refractivity contribution in [2.75, 3.05) is 31.0 Å². The molecule has 0 aliphatic carbocycles. The highest BCUT2D eigenvalue weighted by molar-refractivity contribution is 7.92. The zero-order valence-corrected chi connectivity index (χ0v) is 15.9. The first-order valence-corrected chi connectivity index (χ1v) is 10.5. The molecule has 1 fully saturated rings. The Morgan fingerprint density at radius 2 is 1.63 bits per heavy atom. The van der Waals surface area contributed by atoms with Crippen LogP contribution in [0.3, 0.4) is 0 Å². The summed E-state index contributed by atoms with van der Waals surface area (Å²) >= 11 is 0. The fourth-order valence-corrected chi connectivity index (χ4v) is 5.76. The maximum Gasteiger partial charge on any atom is 0.264 e. The van der Waals surface area contributed by atoms with E-state index < -0.39 is 16.4 Å². The van der Waals surface area contributed by atoms with E-state index >= 15 is 0 Å². The predicted molar refractivity (Wildman–Crippen MR) is 101 cm³/mol. The van der Waals surface area contributed by atoms with Gasteiger partial charge in [0.2, 0.25) is 0 Å². The van der Waals surface area contributed by atoms with Crippen LogP contribution < -0.4 is 4.31 Å². The van der Waals surface area contributed by atoms with Crippen LogP contribution in [0, 0.1) is 0 Å². The third-order valence-corrected chi connectivity index (χ3v) is 7.63. The summed E-state index contributed by atoms with van der Waals surface area (Å²) in [5, 5.41) is 0. The number of sulfonamides is 1. The Morgan fingerprint density at radius 3 is 2.26 bits per heavy atom. The predicted octanol–water partition coefficient (Wildman–Crippen LogP) is 3.80. The zero-order chi connectivity index (χ0) is 19.2. The summed E-state index contributed by atoms with van der Waals surface area (Å²) in [7, 11) is -1.73. The van der Waals surface area contributed by atoms with E-state index in [-0.39, 0.29) is 15.9 Å². The van der Waals surface area contributed by atoms with Gasteiger partial charge in [0, 0.05) is 17.5 Å². The highest BCUT2D eigenvalue weighted by atomic mass is 32.2. The second-order valence-electron chi connectivity index (χ2n) is 7.48. The second-order valence-corrected chi connectivity index (χ2v) is 9.34. The van der Waals surface area contributed by atoms with Crippen LogP contribution in [0.1, 0.15) is 30.4 Å². The van der Waals surface area contributed by atoms with Crippen molar-refractivity contribution in [1.29, 1.82) is 0 Å². The molecule has 2 aliphatic heterocycles. The minimum absolute atomic E-state index is 0.0479. The number of alkyl halides is 2. The van der Waals surface area contributed by atoms with Gasteiger partial charge in [-0.2, -0.15) is 0 Å². The molecule has 0 unspecified atom stereocenters. The van der Waals surface area contributed by atoms with E-state index in [1.54, 1.807) is 0 Å². The molecule has 2 heterocycles. The Labute approximate surface area is 158 Å². The Hall–Kier alpha value is -1.99. The minimum atomic E-state index is -3.81. The highest BCUT2D eigenvalue weighted by Crippen LogP contribution is 2.48. The van der Waals surface area contributed by atoms with Crippen molar-refractivity contribution in [1.82, 2.24) is 4.90 Å². The lowest BCUT2D eigenvalue weighted by Gasteiger charge is -2.38. The summed E-state index contributed by atoms with van der Waals surface area (Å²) in [6, 6.07) is 12.6. The molecule has 0 atom stereocenters. The molecule has 1 spiro atoms. The van der Waals surface area contributed by atoms with Crippen LogP contribution >= 0.6 is 0 Å². The molecule has 2 aromatic rings. The van der Waals surface area contributed by atoms with Gasteiger partial charge in [0.25, 0.3) is 16.4 Å². The van der Waals surface area contributed by atoms with Crippen molar-refractivity contribution in [3.8, 4) is 0 Å². The highest BCUT2D eigenvalue weighted by Gasteiger charge is 2.47. The minimum Gasteiger partial charge on any atom is -0.306 e. The van der Waals surface area contributed by atoms with Gasteiger partial charge in [0.15, 0.2) is 0 Å². The summed E-state index contributed by atoms with van der Waals surface area (Å²) in [4.78, 5) is 2.31. The van der Waals surface area contributed by atoms with E-state index in [1.807, 2.05) is 24.3 Å². The lowest BCUT2D eigenvalue weighted by molar-refractivity contribution is 0.151. The van der Waals surface area contributed by atoms with E-state index in [4.69, 9.17) is 0 Å². The number of benzene rings is 2. The smallest absolute Gasteiger partial charge is 0.264 e. The van der Waals surface area contributed by atoms with Crippen LogP contribution in [0.25, 0.3) is 0 Å². The number of fused-ring (bicyclic) bond motifs is 2. The number of hydrogen-bond donors (Lipinski definition) is 0. The maximum atomic E-state index is 13.3. The van der Waals surface area contributed by atoms with E-state index in [2.05, 4.69) is 11.9 Å². The lowest BCUT2D eigenvalue weighted by Crippen LogP contribution is -2.44.